The molecule has 0 saturated heterocycles. The second-order valence-corrected chi connectivity index (χ2v) is 8.97. The summed E-state index contributed by atoms with van der Waals surface area (Å²) in [4.78, 5) is 23.7. The summed E-state index contributed by atoms with van der Waals surface area (Å²) in [6.07, 6.45) is -0.161. The number of nitrogens with one attached hydrogen (secondary N) is 2. The van der Waals surface area contributed by atoms with E-state index in [-0.39, 0.29) is 29.0 Å². The van der Waals surface area contributed by atoms with Crippen LogP contribution in [0.1, 0.15) is 22.3 Å². The number of rotatable bonds is 8. The molecule has 2 rings (SSSR count). The molecule has 0 spiro atoms. The van der Waals surface area contributed by atoms with E-state index in [0.29, 0.717) is 15.8 Å². The van der Waals surface area contributed by atoms with E-state index in [9.17, 15) is 18.0 Å². The molecule has 30 heavy (non-hydrogen) atoms. The molecule has 2 aromatic carbocycles. The molecule has 0 heterocycles. The molecule has 0 aliphatic rings. The first-order valence-corrected chi connectivity index (χ1v) is 10.7. The maximum absolute atomic E-state index is 13.2. The largest absolute Gasteiger partial charge is 0.497 e. The van der Waals surface area contributed by atoms with Gasteiger partial charge in [-0.05, 0) is 48.4 Å². The minimum Gasteiger partial charge on any atom is -0.497 e. The molecule has 0 aromatic heterocycles. The molecular weight excluding hydrogens is 482 g/mol. The number of hydroxylamine groups is 2. The predicted octanol–water partition coefficient (Wildman–Crippen LogP) is 1.84. The number of sulfonamides is 1. The van der Waals surface area contributed by atoms with Crippen LogP contribution in [0.2, 0.25) is 0 Å². The number of carbonyl (C=O) groups is 2. The second kappa shape index (κ2) is 9.89. The van der Waals surface area contributed by atoms with E-state index in [1.54, 1.807) is 6.07 Å². The van der Waals surface area contributed by atoms with E-state index in [0.717, 1.165) is 4.31 Å². The van der Waals surface area contributed by atoms with E-state index >= 15 is 0 Å². The number of carbonyl (C=O) groups excluding carboxylic acids is 2. The zero-order chi connectivity index (χ0) is 22.5. The molecule has 0 unspecified atom stereocenters. The minimum absolute atomic E-state index is 0.00927. The van der Waals surface area contributed by atoms with Gasteiger partial charge in [0.25, 0.3) is 15.9 Å². The van der Waals surface area contributed by atoms with Crippen molar-refractivity contribution in [3.05, 3.63) is 52.0 Å². The molecule has 2 aromatic rings. The topological polar surface area (TPSA) is 145 Å². The second-order valence-electron chi connectivity index (χ2n) is 6.09. The number of hydrogen-bond acceptors (Lipinski definition) is 7. The SMILES string of the molecule is COc1ccc(S(=O)(=O)N(C)c2c(CCC(=O)NO)cc(Br)cc2C(=O)NO)cc1. The van der Waals surface area contributed by atoms with Gasteiger partial charge in [-0.1, -0.05) is 15.9 Å². The van der Waals surface area contributed by atoms with Crippen molar-refractivity contribution in [1.29, 1.82) is 0 Å². The zero-order valence-corrected chi connectivity index (χ0v) is 18.4. The Morgan fingerprint density at radius 1 is 1.13 bits per heavy atom. The Bertz CT molecular complexity index is 1040. The van der Waals surface area contributed by atoms with Crippen LogP contribution in [0.15, 0.2) is 45.8 Å². The number of benzene rings is 2. The van der Waals surface area contributed by atoms with Gasteiger partial charge in [-0.15, -0.1) is 0 Å². The van der Waals surface area contributed by atoms with Crippen LogP contribution in [0.5, 0.6) is 5.75 Å². The van der Waals surface area contributed by atoms with Gasteiger partial charge in [0.2, 0.25) is 5.91 Å². The Morgan fingerprint density at radius 3 is 2.30 bits per heavy atom. The molecule has 0 radical (unpaired) electrons. The number of halogens is 1. The van der Waals surface area contributed by atoms with Crippen LogP contribution in [0, 0.1) is 0 Å². The molecule has 0 saturated carbocycles. The average Bonchev–Trinajstić information content (AvgIpc) is 2.75. The van der Waals surface area contributed by atoms with Gasteiger partial charge >= 0.3 is 0 Å². The van der Waals surface area contributed by atoms with Gasteiger partial charge in [-0.2, -0.15) is 0 Å². The van der Waals surface area contributed by atoms with Crippen molar-refractivity contribution >= 4 is 43.5 Å². The lowest BCUT2D eigenvalue weighted by atomic mass is 10.0. The molecule has 0 atom stereocenters. The third-order valence-corrected chi connectivity index (χ3v) is 6.51. The number of amides is 2. The van der Waals surface area contributed by atoms with E-state index in [2.05, 4.69) is 15.9 Å². The summed E-state index contributed by atoms with van der Waals surface area (Å²) >= 11 is 3.24. The number of anilines is 1. The zero-order valence-electron chi connectivity index (χ0n) is 16.0. The van der Waals surface area contributed by atoms with Crippen molar-refractivity contribution in [1.82, 2.24) is 11.0 Å². The van der Waals surface area contributed by atoms with Crippen LogP contribution >= 0.6 is 15.9 Å². The lowest BCUT2D eigenvalue weighted by molar-refractivity contribution is -0.129. The summed E-state index contributed by atoms with van der Waals surface area (Å²) in [6.45, 7) is 0. The maximum Gasteiger partial charge on any atom is 0.276 e. The summed E-state index contributed by atoms with van der Waals surface area (Å²) in [5, 5.41) is 17.8. The van der Waals surface area contributed by atoms with Gasteiger partial charge in [0.05, 0.1) is 23.3 Å². The van der Waals surface area contributed by atoms with Crippen LogP contribution in [-0.4, -0.2) is 44.8 Å². The molecule has 0 fully saturated rings. The number of aryl methyl sites for hydroxylation is 1. The highest BCUT2D eigenvalue weighted by atomic mass is 79.9. The summed E-state index contributed by atoms with van der Waals surface area (Å²) in [5.74, 6) is -1.15. The van der Waals surface area contributed by atoms with Gasteiger partial charge in [0.1, 0.15) is 5.75 Å². The molecule has 0 bridgehead atoms. The first-order chi connectivity index (χ1) is 14.1. The van der Waals surface area contributed by atoms with E-state index in [1.807, 2.05) is 0 Å². The first-order valence-electron chi connectivity index (χ1n) is 8.48. The van der Waals surface area contributed by atoms with Gasteiger partial charge in [0.15, 0.2) is 0 Å². The Labute approximate surface area is 181 Å². The van der Waals surface area contributed by atoms with Crippen LogP contribution in [0.4, 0.5) is 5.69 Å². The molecule has 162 valence electrons. The molecule has 10 nitrogen and oxygen atoms in total. The third kappa shape index (κ3) is 5.08. The van der Waals surface area contributed by atoms with Gasteiger partial charge in [-0.25, -0.2) is 19.4 Å². The van der Waals surface area contributed by atoms with Gasteiger partial charge in [0, 0.05) is 17.9 Å². The number of hydrogen-bond donors (Lipinski definition) is 4. The van der Waals surface area contributed by atoms with Gasteiger partial charge < -0.3 is 4.74 Å². The standard InChI is InChI=1S/C18H20BrN3O7S/c1-22(30(27,28)14-6-4-13(29-2)5-7-14)17-11(3-8-16(23)20-25)9-12(19)10-15(17)18(24)21-26/h4-7,9-10,25-26H,3,8H2,1-2H3,(H,20,23)(H,21,24). The number of nitrogens with zero attached hydrogens (tertiary/aromatic N) is 1. The average molecular weight is 502 g/mol. The van der Waals surface area contributed by atoms with E-state index in [4.69, 9.17) is 15.2 Å². The van der Waals surface area contributed by atoms with Crippen molar-refractivity contribution < 1.29 is 33.2 Å². The summed E-state index contributed by atoms with van der Waals surface area (Å²) in [5.41, 5.74) is 3.17. The highest BCUT2D eigenvalue weighted by Crippen LogP contribution is 2.33. The summed E-state index contributed by atoms with van der Waals surface area (Å²) in [6, 6.07) is 8.57. The van der Waals surface area contributed by atoms with Crippen molar-refractivity contribution in [3.8, 4) is 5.75 Å². The molecular formula is C18H20BrN3O7S. The maximum atomic E-state index is 13.2. The number of methoxy groups -OCH3 is 1. The van der Waals surface area contributed by atoms with Crippen molar-refractivity contribution in [2.45, 2.75) is 17.7 Å². The Hall–Kier alpha value is -2.67. The van der Waals surface area contributed by atoms with Crippen LogP contribution < -0.4 is 20.0 Å². The van der Waals surface area contributed by atoms with Crippen LogP contribution in [-0.2, 0) is 21.2 Å². The fraction of sp³-hybridized carbons (Fsp3) is 0.222. The lowest BCUT2D eigenvalue weighted by Crippen LogP contribution is -2.31. The highest BCUT2D eigenvalue weighted by molar-refractivity contribution is 9.10. The Morgan fingerprint density at radius 2 is 1.77 bits per heavy atom. The Balaban J connectivity index is 2.62. The van der Waals surface area contributed by atoms with Crippen molar-refractivity contribution in [2.75, 3.05) is 18.5 Å². The van der Waals surface area contributed by atoms with Crippen LogP contribution in [0.3, 0.4) is 0 Å². The van der Waals surface area contributed by atoms with Gasteiger partial charge in [-0.3, -0.25) is 24.3 Å². The monoisotopic (exact) mass is 501 g/mol. The molecule has 0 aliphatic heterocycles. The molecule has 0 aliphatic carbocycles. The number of ether oxygens (including phenoxy) is 1. The van der Waals surface area contributed by atoms with E-state index in [1.165, 1.54) is 55.4 Å². The summed E-state index contributed by atoms with van der Waals surface area (Å²) in [7, 11) is -1.40. The van der Waals surface area contributed by atoms with Crippen molar-refractivity contribution in [2.24, 2.45) is 0 Å². The molecule has 4 N–H and O–H groups in total. The fourth-order valence-electron chi connectivity index (χ4n) is 2.78. The van der Waals surface area contributed by atoms with Crippen LogP contribution in [0.25, 0.3) is 0 Å². The van der Waals surface area contributed by atoms with Crippen molar-refractivity contribution in [3.63, 3.8) is 0 Å². The molecule has 12 heteroatoms. The molecule has 2 amide bonds. The quantitative estimate of drug-likeness (QED) is 0.318. The predicted molar refractivity (Wildman–Crippen MR) is 110 cm³/mol. The summed E-state index contributed by atoms with van der Waals surface area (Å²) < 4.78 is 32.7. The fourth-order valence-corrected chi connectivity index (χ4v) is 4.54. The minimum atomic E-state index is -4.11. The third-order valence-electron chi connectivity index (χ3n) is 4.28. The first kappa shape index (κ1) is 23.6. The Kier molecular flexibility index (Phi) is 7.78. The van der Waals surface area contributed by atoms with E-state index < -0.39 is 21.8 Å². The smallest absolute Gasteiger partial charge is 0.276 e. The highest BCUT2D eigenvalue weighted by Gasteiger charge is 2.28. The normalized spacial score (nSPS) is 11.0. The lowest BCUT2D eigenvalue weighted by Gasteiger charge is -2.25.